The van der Waals surface area contributed by atoms with Gasteiger partial charge in [-0.05, 0) is 13.0 Å². The second-order valence-corrected chi connectivity index (χ2v) is 6.68. The van der Waals surface area contributed by atoms with Gasteiger partial charge in [-0.3, -0.25) is 4.79 Å². The summed E-state index contributed by atoms with van der Waals surface area (Å²) in [4.78, 5) is 11.9. The van der Waals surface area contributed by atoms with Crippen molar-refractivity contribution in [1.29, 1.82) is 0 Å². The Hall–Kier alpha value is -1.41. The third kappa shape index (κ3) is 3.80. The SMILES string of the molecule is CC(Oc1c(F)cc(F)cc1S(=O)(=O)Cl)C(=O)N(C)C. The molecule has 0 spiro atoms. The second-order valence-electron chi connectivity index (χ2n) is 4.15. The van der Waals surface area contributed by atoms with E-state index in [1.807, 2.05) is 0 Å². The monoisotopic (exact) mass is 327 g/mol. The van der Waals surface area contributed by atoms with E-state index in [1.165, 1.54) is 25.9 Å². The maximum atomic E-state index is 13.7. The van der Waals surface area contributed by atoms with Gasteiger partial charge in [0.25, 0.3) is 15.0 Å². The zero-order valence-corrected chi connectivity index (χ0v) is 12.4. The van der Waals surface area contributed by atoms with Crippen LogP contribution in [0.1, 0.15) is 6.92 Å². The van der Waals surface area contributed by atoms with E-state index in [9.17, 15) is 22.0 Å². The van der Waals surface area contributed by atoms with E-state index in [4.69, 9.17) is 15.4 Å². The number of benzene rings is 1. The van der Waals surface area contributed by atoms with E-state index in [2.05, 4.69) is 0 Å². The molecule has 0 aliphatic heterocycles. The van der Waals surface area contributed by atoms with Gasteiger partial charge in [0.05, 0.1) is 0 Å². The van der Waals surface area contributed by atoms with E-state index >= 15 is 0 Å². The molecule has 1 atom stereocenters. The number of carbonyl (C=O) groups excluding carboxylic acids is 1. The largest absolute Gasteiger partial charge is 0.476 e. The summed E-state index contributed by atoms with van der Waals surface area (Å²) in [6.45, 7) is 1.30. The van der Waals surface area contributed by atoms with E-state index in [-0.39, 0.29) is 0 Å². The molecule has 0 aliphatic carbocycles. The van der Waals surface area contributed by atoms with Gasteiger partial charge in [0.2, 0.25) is 0 Å². The molecule has 1 unspecified atom stereocenters. The van der Waals surface area contributed by atoms with Crippen molar-refractivity contribution in [3.63, 3.8) is 0 Å². The van der Waals surface area contributed by atoms with Crippen molar-refractivity contribution >= 4 is 25.6 Å². The minimum Gasteiger partial charge on any atom is -0.476 e. The highest BCUT2D eigenvalue weighted by Gasteiger charge is 2.26. The van der Waals surface area contributed by atoms with Crippen LogP contribution in [-0.2, 0) is 13.8 Å². The van der Waals surface area contributed by atoms with Crippen molar-refractivity contribution in [2.75, 3.05) is 14.1 Å². The number of nitrogens with zero attached hydrogens (tertiary/aromatic N) is 1. The summed E-state index contributed by atoms with van der Waals surface area (Å²) in [6.07, 6.45) is -1.16. The molecule has 0 saturated carbocycles. The predicted molar refractivity (Wildman–Crippen MR) is 68.2 cm³/mol. The average molecular weight is 328 g/mol. The van der Waals surface area contributed by atoms with Crippen LogP contribution in [0.2, 0.25) is 0 Å². The molecule has 0 fully saturated rings. The Morgan fingerprint density at radius 2 is 1.90 bits per heavy atom. The van der Waals surface area contributed by atoms with Gasteiger partial charge < -0.3 is 9.64 Å². The van der Waals surface area contributed by atoms with Crippen LogP contribution in [0.4, 0.5) is 8.78 Å². The molecule has 1 aromatic rings. The number of carbonyl (C=O) groups is 1. The fourth-order valence-electron chi connectivity index (χ4n) is 1.42. The zero-order chi connectivity index (χ0) is 15.7. The van der Waals surface area contributed by atoms with Crippen molar-refractivity contribution in [2.45, 2.75) is 17.9 Å². The maximum absolute atomic E-state index is 13.7. The molecule has 0 aliphatic rings. The molecule has 0 aromatic heterocycles. The first-order valence-corrected chi connectivity index (χ1v) is 7.66. The molecule has 9 heteroatoms. The Balaban J connectivity index is 3.28. The molecule has 0 heterocycles. The zero-order valence-electron chi connectivity index (χ0n) is 10.9. The first-order chi connectivity index (χ1) is 9.04. The van der Waals surface area contributed by atoms with Crippen molar-refractivity contribution in [3.05, 3.63) is 23.8 Å². The predicted octanol–water partition coefficient (Wildman–Crippen LogP) is 1.75. The summed E-state index contributed by atoms with van der Waals surface area (Å²) in [5.41, 5.74) is 0. The summed E-state index contributed by atoms with van der Waals surface area (Å²) < 4.78 is 54.3. The number of ether oxygens (including phenoxy) is 1. The molecule has 112 valence electrons. The number of amides is 1. The van der Waals surface area contributed by atoms with Gasteiger partial charge in [0, 0.05) is 30.8 Å². The van der Waals surface area contributed by atoms with Gasteiger partial charge in [0.15, 0.2) is 17.7 Å². The lowest BCUT2D eigenvalue weighted by atomic mass is 10.3. The van der Waals surface area contributed by atoms with Crippen LogP contribution in [0.3, 0.4) is 0 Å². The quantitative estimate of drug-likeness (QED) is 0.790. The average Bonchev–Trinajstić information content (AvgIpc) is 2.29. The van der Waals surface area contributed by atoms with Crippen LogP contribution in [0.5, 0.6) is 5.75 Å². The fourth-order valence-corrected chi connectivity index (χ4v) is 2.39. The number of likely N-dealkylation sites (N-methyl/N-ethyl adjacent to an activating group) is 1. The van der Waals surface area contributed by atoms with Crippen molar-refractivity contribution in [2.24, 2.45) is 0 Å². The molecular formula is C11H12ClF2NO4S. The van der Waals surface area contributed by atoms with Crippen LogP contribution in [0.25, 0.3) is 0 Å². The van der Waals surface area contributed by atoms with E-state index in [0.717, 1.165) is 0 Å². The Morgan fingerprint density at radius 1 is 1.35 bits per heavy atom. The lowest BCUT2D eigenvalue weighted by molar-refractivity contribution is -0.135. The normalized spacial score (nSPS) is 12.9. The standard InChI is InChI=1S/C11H12ClF2NO4S/c1-6(11(16)15(2)3)19-10-8(14)4-7(13)5-9(10)20(12,17)18/h4-6H,1-3H3. The second kappa shape index (κ2) is 5.92. The molecule has 0 saturated heterocycles. The lowest BCUT2D eigenvalue weighted by Crippen LogP contribution is -2.35. The smallest absolute Gasteiger partial charge is 0.265 e. The molecule has 20 heavy (non-hydrogen) atoms. The van der Waals surface area contributed by atoms with Crippen LogP contribution >= 0.6 is 10.7 Å². The molecule has 0 N–H and O–H groups in total. The Bertz CT molecular complexity index is 634. The minimum absolute atomic E-state index is 0.438. The van der Waals surface area contributed by atoms with Gasteiger partial charge in [0.1, 0.15) is 10.7 Å². The first kappa shape index (κ1) is 16.6. The lowest BCUT2D eigenvalue weighted by Gasteiger charge is -2.19. The van der Waals surface area contributed by atoms with Crippen LogP contribution < -0.4 is 4.74 Å². The van der Waals surface area contributed by atoms with E-state index in [0.29, 0.717) is 12.1 Å². The summed E-state index contributed by atoms with van der Waals surface area (Å²) >= 11 is 0. The Morgan fingerprint density at radius 3 is 2.35 bits per heavy atom. The van der Waals surface area contributed by atoms with Crippen molar-refractivity contribution < 1.29 is 26.7 Å². The molecular weight excluding hydrogens is 316 g/mol. The summed E-state index contributed by atoms with van der Waals surface area (Å²) in [5, 5.41) is 0. The number of hydrogen-bond acceptors (Lipinski definition) is 4. The highest BCUT2D eigenvalue weighted by Crippen LogP contribution is 2.31. The fraction of sp³-hybridized carbons (Fsp3) is 0.364. The first-order valence-electron chi connectivity index (χ1n) is 5.35. The number of halogens is 3. The number of rotatable bonds is 4. The third-order valence-corrected chi connectivity index (χ3v) is 3.65. The Kier molecular flexibility index (Phi) is 4.93. The molecule has 0 bridgehead atoms. The summed E-state index contributed by atoms with van der Waals surface area (Å²) in [7, 11) is 3.56. The third-order valence-electron chi connectivity index (χ3n) is 2.32. The molecule has 1 rings (SSSR count). The highest BCUT2D eigenvalue weighted by molar-refractivity contribution is 8.13. The topological polar surface area (TPSA) is 63.7 Å². The van der Waals surface area contributed by atoms with Crippen LogP contribution in [-0.4, -0.2) is 39.4 Å². The highest BCUT2D eigenvalue weighted by atomic mass is 35.7. The van der Waals surface area contributed by atoms with Gasteiger partial charge in [-0.1, -0.05) is 0 Å². The van der Waals surface area contributed by atoms with Gasteiger partial charge >= 0.3 is 0 Å². The number of hydrogen-bond donors (Lipinski definition) is 0. The van der Waals surface area contributed by atoms with Crippen molar-refractivity contribution in [3.8, 4) is 5.75 Å². The molecule has 1 aromatic carbocycles. The van der Waals surface area contributed by atoms with E-state index < -0.39 is 43.3 Å². The van der Waals surface area contributed by atoms with Crippen molar-refractivity contribution in [1.82, 2.24) is 4.90 Å². The van der Waals surface area contributed by atoms with Gasteiger partial charge in [-0.2, -0.15) is 0 Å². The molecule has 5 nitrogen and oxygen atoms in total. The summed E-state index contributed by atoms with van der Waals surface area (Å²) in [6, 6.07) is 0.960. The maximum Gasteiger partial charge on any atom is 0.265 e. The molecule has 1 amide bonds. The van der Waals surface area contributed by atoms with Gasteiger partial charge in [-0.15, -0.1) is 0 Å². The van der Waals surface area contributed by atoms with E-state index in [1.54, 1.807) is 0 Å². The Labute approximate surface area is 119 Å². The van der Waals surface area contributed by atoms with Gasteiger partial charge in [-0.25, -0.2) is 17.2 Å². The molecule has 0 radical (unpaired) electrons. The minimum atomic E-state index is -4.43. The summed E-state index contributed by atoms with van der Waals surface area (Å²) in [5.74, 6) is -3.70. The van der Waals surface area contributed by atoms with Crippen LogP contribution in [0.15, 0.2) is 17.0 Å². The van der Waals surface area contributed by atoms with Crippen LogP contribution in [0, 0.1) is 11.6 Å².